The molecule has 0 radical (unpaired) electrons. The number of anilines is 2. The first-order valence-electron chi connectivity index (χ1n) is 8.17. The molecule has 2 aromatic rings. The summed E-state index contributed by atoms with van der Waals surface area (Å²) < 4.78 is 38.7. The van der Waals surface area contributed by atoms with E-state index in [2.05, 4.69) is 20.2 Å². The van der Waals surface area contributed by atoms with Crippen molar-refractivity contribution in [2.45, 2.75) is 6.18 Å². The number of carbonyl (C=O) groups is 1. The van der Waals surface area contributed by atoms with Crippen molar-refractivity contribution in [3.63, 3.8) is 0 Å². The van der Waals surface area contributed by atoms with Crippen LogP contribution in [0.5, 0.6) is 0 Å². The van der Waals surface area contributed by atoms with Gasteiger partial charge in [-0.15, -0.1) is 0 Å². The lowest BCUT2D eigenvalue weighted by molar-refractivity contribution is -0.137. The number of benzene rings is 1. The number of likely N-dealkylation sites (N-methyl/N-ethyl adjacent to an activating group) is 1. The van der Waals surface area contributed by atoms with Crippen molar-refractivity contribution < 1.29 is 18.0 Å². The summed E-state index contributed by atoms with van der Waals surface area (Å²) in [5.41, 5.74) is -0.875. The van der Waals surface area contributed by atoms with Crippen molar-refractivity contribution in [2.24, 2.45) is 0 Å². The zero-order valence-electron chi connectivity index (χ0n) is 14.4. The molecule has 2 heterocycles. The van der Waals surface area contributed by atoms with E-state index < -0.39 is 22.7 Å². The standard InChI is InChI=1S/C17H17ClF3N5O/c1-25-4-6-26(7-5-25)16-22-9-11(10-23-16)15(27)24-12-2-3-14(18)13(8-12)17(19,20)21/h2-3,8-10H,4-7H2,1H3,(H,24,27). The van der Waals surface area contributed by atoms with E-state index in [4.69, 9.17) is 11.6 Å². The molecular formula is C17H17ClF3N5O. The quantitative estimate of drug-likeness (QED) is 0.859. The second-order valence-electron chi connectivity index (χ2n) is 6.21. The van der Waals surface area contributed by atoms with Crippen molar-refractivity contribution in [2.75, 3.05) is 43.4 Å². The monoisotopic (exact) mass is 399 g/mol. The molecule has 1 fully saturated rings. The van der Waals surface area contributed by atoms with Gasteiger partial charge in [-0.25, -0.2) is 9.97 Å². The number of nitrogens with one attached hydrogen (secondary N) is 1. The number of hydrogen-bond donors (Lipinski definition) is 1. The van der Waals surface area contributed by atoms with Gasteiger partial charge in [0, 0.05) is 44.3 Å². The van der Waals surface area contributed by atoms with E-state index in [1.54, 1.807) is 0 Å². The summed E-state index contributed by atoms with van der Waals surface area (Å²) in [6.45, 7) is 3.35. The van der Waals surface area contributed by atoms with Crippen molar-refractivity contribution in [1.82, 2.24) is 14.9 Å². The molecule has 1 N–H and O–H groups in total. The van der Waals surface area contributed by atoms with Gasteiger partial charge in [-0.3, -0.25) is 4.79 Å². The van der Waals surface area contributed by atoms with Gasteiger partial charge < -0.3 is 15.1 Å². The molecule has 0 bridgehead atoms. The minimum absolute atomic E-state index is 0.0140. The normalized spacial score (nSPS) is 15.7. The van der Waals surface area contributed by atoms with Gasteiger partial charge in [0.25, 0.3) is 5.91 Å². The highest BCUT2D eigenvalue weighted by molar-refractivity contribution is 6.31. The zero-order chi connectivity index (χ0) is 19.6. The van der Waals surface area contributed by atoms with Crippen LogP contribution in [-0.2, 0) is 6.18 Å². The smallest absolute Gasteiger partial charge is 0.338 e. The van der Waals surface area contributed by atoms with E-state index in [-0.39, 0.29) is 11.3 Å². The first kappa shape index (κ1) is 19.4. The topological polar surface area (TPSA) is 61.4 Å². The molecule has 10 heteroatoms. The lowest BCUT2D eigenvalue weighted by atomic mass is 10.2. The molecule has 27 heavy (non-hydrogen) atoms. The molecule has 144 valence electrons. The van der Waals surface area contributed by atoms with Gasteiger partial charge in [0.15, 0.2) is 0 Å². The van der Waals surface area contributed by atoms with Crippen molar-refractivity contribution >= 4 is 29.1 Å². The molecule has 1 aromatic carbocycles. The van der Waals surface area contributed by atoms with Gasteiger partial charge in [-0.1, -0.05) is 11.6 Å². The molecule has 3 rings (SSSR count). The first-order chi connectivity index (χ1) is 12.7. The number of rotatable bonds is 3. The van der Waals surface area contributed by atoms with Crippen LogP contribution in [0.1, 0.15) is 15.9 Å². The Morgan fingerprint density at radius 3 is 2.37 bits per heavy atom. The third kappa shape index (κ3) is 4.67. The molecule has 1 aliphatic rings. The fraction of sp³-hybridized carbons (Fsp3) is 0.353. The van der Waals surface area contributed by atoms with Crippen LogP contribution in [0.2, 0.25) is 5.02 Å². The summed E-state index contributed by atoms with van der Waals surface area (Å²) in [6, 6.07) is 3.18. The average Bonchev–Trinajstić information content (AvgIpc) is 2.63. The molecule has 1 aliphatic heterocycles. The van der Waals surface area contributed by atoms with Gasteiger partial charge in [0.05, 0.1) is 16.1 Å². The number of piperazine rings is 1. The maximum absolute atomic E-state index is 12.9. The highest BCUT2D eigenvalue weighted by Crippen LogP contribution is 2.36. The van der Waals surface area contributed by atoms with Crippen LogP contribution < -0.4 is 10.2 Å². The van der Waals surface area contributed by atoms with Gasteiger partial charge in [0.2, 0.25) is 5.95 Å². The van der Waals surface area contributed by atoms with Crippen LogP contribution in [-0.4, -0.2) is 54.0 Å². The molecule has 0 atom stereocenters. The number of halogens is 4. The largest absolute Gasteiger partial charge is 0.417 e. The van der Waals surface area contributed by atoms with Gasteiger partial charge in [0.1, 0.15) is 0 Å². The fourth-order valence-corrected chi connectivity index (χ4v) is 2.86. The number of alkyl halides is 3. The summed E-state index contributed by atoms with van der Waals surface area (Å²) in [6.07, 6.45) is -1.89. The van der Waals surface area contributed by atoms with Crippen LogP contribution in [0.4, 0.5) is 24.8 Å². The van der Waals surface area contributed by atoms with Crippen molar-refractivity contribution in [3.05, 3.63) is 46.7 Å². The van der Waals surface area contributed by atoms with Crippen LogP contribution >= 0.6 is 11.6 Å². The molecule has 0 unspecified atom stereocenters. The Bertz CT molecular complexity index is 820. The molecule has 1 aromatic heterocycles. The van der Waals surface area contributed by atoms with E-state index in [0.717, 1.165) is 38.3 Å². The third-order valence-electron chi connectivity index (χ3n) is 4.22. The number of carbonyl (C=O) groups excluding carboxylic acids is 1. The second kappa shape index (κ2) is 7.69. The molecule has 6 nitrogen and oxygen atoms in total. The fourth-order valence-electron chi connectivity index (χ4n) is 2.63. The van der Waals surface area contributed by atoms with Crippen LogP contribution in [0.3, 0.4) is 0 Å². The van der Waals surface area contributed by atoms with E-state index in [1.807, 2.05) is 11.9 Å². The predicted octanol–water partition coefficient (Wildman–Crippen LogP) is 3.15. The highest BCUT2D eigenvalue weighted by Gasteiger charge is 2.33. The zero-order valence-corrected chi connectivity index (χ0v) is 15.2. The maximum Gasteiger partial charge on any atom is 0.417 e. The Kier molecular flexibility index (Phi) is 5.52. The Morgan fingerprint density at radius 1 is 1.15 bits per heavy atom. The lowest BCUT2D eigenvalue weighted by Gasteiger charge is -2.32. The van der Waals surface area contributed by atoms with Crippen LogP contribution in [0, 0.1) is 0 Å². The van der Waals surface area contributed by atoms with Crippen molar-refractivity contribution in [1.29, 1.82) is 0 Å². The Balaban J connectivity index is 1.70. The molecule has 0 aliphatic carbocycles. The summed E-state index contributed by atoms with van der Waals surface area (Å²) in [7, 11) is 2.03. The number of aromatic nitrogens is 2. The van der Waals surface area contributed by atoms with E-state index in [9.17, 15) is 18.0 Å². The number of hydrogen-bond acceptors (Lipinski definition) is 5. The van der Waals surface area contributed by atoms with Crippen LogP contribution in [0.25, 0.3) is 0 Å². The second-order valence-corrected chi connectivity index (χ2v) is 6.62. The maximum atomic E-state index is 12.9. The summed E-state index contributed by atoms with van der Waals surface area (Å²) in [5, 5.41) is 1.97. The van der Waals surface area contributed by atoms with Crippen molar-refractivity contribution in [3.8, 4) is 0 Å². The number of nitrogens with zero attached hydrogens (tertiary/aromatic N) is 4. The molecular weight excluding hydrogens is 383 g/mol. The summed E-state index contributed by atoms with van der Waals surface area (Å²) >= 11 is 5.57. The van der Waals surface area contributed by atoms with E-state index in [1.165, 1.54) is 18.5 Å². The Labute approximate surface area is 159 Å². The van der Waals surface area contributed by atoms with Crippen LogP contribution in [0.15, 0.2) is 30.6 Å². The Hall–Kier alpha value is -2.39. The summed E-state index contributed by atoms with van der Waals surface area (Å²) in [4.78, 5) is 24.9. The van der Waals surface area contributed by atoms with E-state index >= 15 is 0 Å². The highest BCUT2D eigenvalue weighted by atomic mass is 35.5. The molecule has 1 saturated heterocycles. The van der Waals surface area contributed by atoms with E-state index in [0.29, 0.717) is 5.95 Å². The van der Waals surface area contributed by atoms with Gasteiger partial charge >= 0.3 is 6.18 Å². The predicted molar refractivity (Wildman–Crippen MR) is 96.1 cm³/mol. The van der Waals surface area contributed by atoms with Gasteiger partial charge in [-0.05, 0) is 25.2 Å². The molecule has 0 saturated carbocycles. The average molecular weight is 400 g/mol. The first-order valence-corrected chi connectivity index (χ1v) is 8.55. The minimum atomic E-state index is -4.61. The van der Waals surface area contributed by atoms with Gasteiger partial charge in [-0.2, -0.15) is 13.2 Å². The molecule has 0 spiro atoms. The Morgan fingerprint density at radius 2 is 1.78 bits per heavy atom. The lowest BCUT2D eigenvalue weighted by Crippen LogP contribution is -2.45. The third-order valence-corrected chi connectivity index (χ3v) is 4.55. The molecule has 1 amide bonds. The number of amides is 1. The SMILES string of the molecule is CN1CCN(c2ncc(C(=O)Nc3ccc(Cl)c(C(F)(F)F)c3)cn2)CC1. The summed E-state index contributed by atoms with van der Waals surface area (Å²) in [5.74, 6) is -0.0825. The minimum Gasteiger partial charge on any atom is -0.338 e.